The maximum absolute atomic E-state index is 9.98. The van der Waals surface area contributed by atoms with Crippen LogP contribution in [0.4, 0.5) is 0 Å². The van der Waals surface area contributed by atoms with Gasteiger partial charge < -0.3 is 5.11 Å². The predicted octanol–water partition coefficient (Wildman–Crippen LogP) is 5.28. The van der Waals surface area contributed by atoms with Crippen LogP contribution in [0, 0.1) is 6.92 Å². The molecule has 20 heavy (non-hydrogen) atoms. The summed E-state index contributed by atoms with van der Waals surface area (Å²) in [5.41, 5.74) is 1.07. The number of aliphatic hydroxyl groups is 1. The first kappa shape index (κ1) is 17.6. The van der Waals surface area contributed by atoms with Crippen molar-refractivity contribution in [1.82, 2.24) is 4.98 Å². The largest absolute Gasteiger partial charge is 0.393 e. The van der Waals surface area contributed by atoms with E-state index in [0.717, 1.165) is 30.0 Å². The number of unbranched alkanes of at least 4 members (excludes halogenated alkanes) is 8. The van der Waals surface area contributed by atoms with Gasteiger partial charge in [0.2, 0.25) is 0 Å². The molecule has 0 aliphatic carbocycles. The summed E-state index contributed by atoms with van der Waals surface area (Å²) < 4.78 is 0. The summed E-state index contributed by atoms with van der Waals surface area (Å²) in [6.07, 6.45) is 13.5. The molecule has 0 aliphatic rings. The lowest BCUT2D eigenvalue weighted by molar-refractivity contribution is 0.160. The second kappa shape index (κ2) is 11.3. The first-order valence-electron chi connectivity index (χ1n) is 8.31. The number of rotatable bonds is 12. The third kappa shape index (κ3) is 8.70. The van der Waals surface area contributed by atoms with Crippen LogP contribution in [0.1, 0.15) is 81.8 Å². The Kier molecular flexibility index (Phi) is 9.94. The summed E-state index contributed by atoms with van der Waals surface area (Å²) in [6.45, 7) is 4.27. The minimum Gasteiger partial charge on any atom is -0.393 e. The van der Waals surface area contributed by atoms with Crippen LogP contribution in [0.15, 0.2) is 5.38 Å². The summed E-state index contributed by atoms with van der Waals surface area (Å²) in [7, 11) is 0. The maximum atomic E-state index is 9.98. The highest BCUT2D eigenvalue weighted by Crippen LogP contribution is 2.15. The molecule has 0 amide bonds. The van der Waals surface area contributed by atoms with Gasteiger partial charge in [-0.05, 0) is 13.3 Å². The van der Waals surface area contributed by atoms with Crippen LogP contribution >= 0.6 is 11.3 Å². The zero-order valence-corrected chi connectivity index (χ0v) is 14.1. The van der Waals surface area contributed by atoms with Gasteiger partial charge in [-0.1, -0.05) is 64.7 Å². The molecule has 0 fully saturated rings. The lowest BCUT2D eigenvalue weighted by atomic mass is 10.0. The van der Waals surface area contributed by atoms with E-state index in [1.165, 1.54) is 51.4 Å². The van der Waals surface area contributed by atoms with Gasteiger partial charge >= 0.3 is 0 Å². The molecule has 0 bridgehead atoms. The van der Waals surface area contributed by atoms with Crippen LogP contribution < -0.4 is 0 Å². The van der Waals surface area contributed by atoms with Gasteiger partial charge in [-0.25, -0.2) is 4.98 Å². The Morgan fingerprint density at radius 1 is 1.05 bits per heavy atom. The third-order valence-electron chi connectivity index (χ3n) is 3.72. The van der Waals surface area contributed by atoms with Crippen molar-refractivity contribution < 1.29 is 5.11 Å². The Morgan fingerprint density at radius 3 is 2.20 bits per heavy atom. The van der Waals surface area contributed by atoms with Crippen molar-refractivity contribution in [2.24, 2.45) is 0 Å². The summed E-state index contributed by atoms with van der Waals surface area (Å²) in [5.74, 6) is 0. The zero-order chi connectivity index (χ0) is 14.6. The fourth-order valence-corrected chi connectivity index (χ4v) is 3.34. The number of aryl methyl sites for hydroxylation is 1. The summed E-state index contributed by atoms with van der Waals surface area (Å²) in [4.78, 5) is 4.40. The molecular weight excluding hydrogens is 266 g/mol. The third-order valence-corrected chi connectivity index (χ3v) is 4.71. The number of nitrogens with zero attached hydrogens (tertiary/aromatic N) is 1. The van der Waals surface area contributed by atoms with E-state index < -0.39 is 0 Å². The summed E-state index contributed by atoms with van der Waals surface area (Å²) in [5, 5.41) is 13.1. The molecule has 0 saturated carbocycles. The normalized spacial score (nSPS) is 12.8. The monoisotopic (exact) mass is 297 g/mol. The van der Waals surface area contributed by atoms with E-state index in [2.05, 4.69) is 17.3 Å². The van der Waals surface area contributed by atoms with Crippen molar-refractivity contribution in [3.8, 4) is 0 Å². The second-order valence-electron chi connectivity index (χ2n) is 5.86. The number of hydrogen-bond donors (Lipinski definition) is 1. The molecule has 1 atom stereocenters. The minimum atomic E-state index is -0.204. The Balaban J connectivity index is 1.90. The van der Waals surface area contributed by atoms with Crippen molar-refractivity contribution in [3.63, 3.8) is 0 Å². The van der Waals surface area contributed by atoms with E-state index in [1.807, 2.05) is 6.92 Å². The molecule has 1 heterocycles. The average molecular weight is 298 g/mol. The maximum Gasteiger partial charge on any atom is 0.0953 e. The van der Waals surface area contributed by atoms with E-state index in [0.29, 0.717) is 0 Å². The van der Waals surface area contributed by atoms with Crippen LogP contribution in [0.5, 0.6) is 0 Å². The van der Waals surface area contributed by atoms with E-state index >= 15 is 0 Å². The fraction of sp³-hybridized carbons (Fsp3) is 0.824. The van der Waals surface area contributed by atoms with Crippen molar-refractivity contribution >= 4 is 11.3 Å². The molecule has 1 rings (SSSR count). The average Bonchev–Trinajstić information content (AvgIpc) is 2.82. The van der Waals surface area contributed by atoms with Crippen LogP contribution in [0.2, 0.25) is 0 Å². The van der Waals surface area contributed by atoms with Crippen molar-refractivity contribution in [2.45, 2.75) is 90.6 Å². The quantitative estimate of drug-likeness (QED) is 0.533. The van der Waals surface area contributed by atoms with E-state index in [9.17, 15) is 5.11 Å². The molecule has 1 N–H and O–H groups in total. The Bertz CT molecular complexity index is 337. The minimum absolute atomic E-state index is 0.204. The molecule has 0 aliphatic heterocycles. The summed E-state index contributed by atoms with van der Waals surface area (Å²) >= 11 is 1.66. The second-order valence-corrected chi connectivity index (χ2v) is 6.80. The molecule has 3 heteroatoms. The standard InChI is InChI=1S/C17H31NOS/c1-3-4-5-6-7-8-9-10-11-12-16(19)13-17-18-15(2)14-20-17/h14,16,19H,3-13H2,1-2H3. The molecule has 2 nitrogen and oxygen atoms in total. The number of hydrogen-bond acceptors (Lipinski definition) is 3. The molecule has 0 aromatic carbocycles. The van der Waals surface area contributed by atoms with Gasteiger partial charge in [-0.2, -0.15) is 0 Å². The van der Waals surface area contributed by atoms with Gasteiger partial charge in [0.25, 0.3) is 0 Å². The van der Waals surface area contributed by atoms with Gasteiger partial charge in [0.15, 0.2) is 0 Å². The van der Waals surface area contributed by atoms with Gasteiger partial charge in [-0.3, -0.25) is 0 Å². The van der Waals surface area contributed by atoms with Crippen LogP contribution in [-0.4, -0.2) is 16.2 Å². The summed E-state index contributed by atoms with van der Waals surface area (Å²) in [6, 6.07) is 0. The SMILES string of the molecule is CCCCCCCCCCCC(O)Cc1nc(C)cs1. The lowest BCUT2D eigenvalue weighted by Gasteiger charge is -2.08. The number of aliphatic hydroxyl groups excluding tert-OH is 1. The van der Waals surface area contributed by atoms with Gasteiger partial charge in [0.05, 0.1) is 11.1 Å². The molecule has 0 radical (unpaired) electrons. The molecule has 0 spiro atoms. The zero-order valence-electron chi connectivity index (χ0n) is 13.2. The predicted molar refractivity (Wildman–Crippen MR) is 88.4 cm³/mol. The molecule has 116 valence electrons. The van der Waals surface area contributed by atoms with Crippen molar-refractivity contribution in [1.29, 1.82) is 0 Å². The van der Waals surface area contributed by atoms with Gasteiger partial charge in [0.1, 0.15) is 0 Å². The van der Waals surface area contributed by atoms with Crippen molar-refractivity contribution in [3.05, 3.63) is 16.1 Å². The highest BCUT2D eigenvalue weighted by Gasteiger charge is 2.08. The van der Waals surface area contributed by atoms with Gasteiger partial charge in [0, 0.05) is 17.5 Å². The molecule has 1 aromatic rings. The molecule has 1 aromatic heterocycles. The van der Waals surface area contributed by atoms with E-state index in [4.69, 9.17) is 0 Å². The first-order valence-corrected chi connectivity index (χ1v) is 9.19. The smallest absolute Gasteiger partial charge is 0.0953 e. The Labute approximate surface area is 128 Å². The Morgan fingerprint density at radius 2 is 1.65 bits per heavy atom. The van der Waals surface area contributed by atoms with E-state index in [1.54, 1.807) is 11.3 Å². The number of thiazole rings is 1. The van der Waals surface area contributed by atoms with Gasteiger partial charge in [-0.15, -0.1) is 11.3 Å². The topological polar surface area (TPSA) is 33.1 Å². The van der Waals surface area contributed by atoms with Crippen LogP contribution in [0.25, 0.3) is 0 Å². The highest BCUT2D eigenvalue weighted by atomic mass is 32.1. The van der Waals surface area contributed by atoms with Crippen LogP contribution in [-0.2, 0) is 6.42 Å². The molecule has 0 saturated heterocycles. The molecule has 1 unspecified atom stereocenters. The highest BCUT2D eigenvalue weighted by molar-refractivity contribution is 7.09. The van der Waals surface area contributed by atoms with Crippen LogP contribution in [0.3, 0.4) is 0 Å². The number of aromatic nitrogens is 1. The first-order chi connectivity index (χ1) is 9.72. The van der Waals surface area contributed by atoms with Crippen molar-refractivity contribution in [2.75, 3.05) is 0 Å². The molecular formula is C17H31NOS. The lowest BCUT2D eigenvalue weighted by Crippen LogP contribution is -2.10. The fourth-order valence-electron chi connectivity index (χ4n) is 2.49. The Hall–Kier alpha value is -0.410. The van der Waals surface area contributed by atoms with E-state index in [-0.39, 0.29) is 6.10 Å².